The van der Waals surface area contributed by atoms with Crippen LogP contribution in [0.4, 0.5) is 0 Å². The third-order valence-corrected chi connectivity index (χ3v) is 4.72. The number of phenolic OH excluding ortho intramolecular Hbond substituents is 2. The third-order valence-electron chi connectivity index (χ3n) is 4.72. The van der Waals surface area contributed by atoms with E-state index in [0.717, 1.165) is 11.1 Å². The summed E-state index contributed by atoms with van der Waals surface area (Å²) in [6.45, 7) is 11.1. The second-order valence-corrected chi connectivity index (χ2v) is 6.83. The van der Waals surface area contributed by atoms with E-state index in [9.17, 15) is 10.2 Å². The molecule has 0 fully saturated rings. The molecule has 0 saturated carbocycles. The standard InChI is InChI=1S/C24H34O6/c1-5-27-13-19-9-17(10-20(23(19)25)14-28-6-2)18-11-21(15-29-7-3)24(26)22(12-18)16-30-8-4/h9-12,25-26H,5-8,13-16H2,1-4H3. The van der Waals surface area contributed by atoms with Gasteiger partial charge in [-0.15, -0.1) is 0 Å². The van der Waals surface area contributed by atoms with E-state index in [1.807, 2.05) is 52.0 Å². The fourth-order valence-electron chi connectivity index (χ4n) is 3.14. The Bertz CT molecular complexity index is 677. The molecule has 30 heavy (non-hydrogen) atoms. The van der Waals surface area contributed by atoms with Crippen molar-refractivity contribution in [2.45, 2.75) is 54.1 Å². The molecule has 0 aliphatic carbocycles. The zero-order valence-corrected chi connectivity index (χ0v) is 18.5. The number of benzene rings is 2. The predicted molar refractivity (Wildman–Crippen MR) is 117 cm³/mol. The molecule has 0 aliphatic rings. The topological polar surface area (TPSA) is 77.4 Å². The van der Waals surface area contributed by atoms with E-state index in [0.29, 0.717) is 75.1 Å². The maximum atomic E-state index is 10.7. The summed E-state index contributed by atoms with van der Waals surface area (Å²) in [4.78, 5) is 0. The summed E-state index contributed by atoms with van der Waals surface area (Å²) in [5, 5.41) is 21.3. The van der Waals surface area contributed by atoms with Crippen molar-refractivity contribution in [3.8, 4) is 22.6 Å². The first-order valence-corrected chi connectivity index (χ1v) is 10.6. The Balaban J connectivity index is 2.55. The van der Waals surface area contributed by atoms with Gasteiger partial charge in [-0.1, -0.05) is 0 Å². The second kappa shape index (κ2) is 12.5. The van der Waals surface area contributed by atoms with Gasteiger partial charge in [-0.2, -0.15) is 0 Å². The Labute approximate surface area is 179 Å². The molecule has 0 radical (unpaired) electrons. The minimum Gasteiger partial charge on any atom is -0.507 e. The molecule has 166 valence electrons. The van der Waals surface area contributed by atoms with Crippen LogP contribution in [0.25, 0.3) is 11.1 Å². The lowest BCUT2D eigenvalue weighted by Crippen LogP contribution is -2.01. The van der Waals surface area contributed by atoms with Crippen molar-refractivity contribution in [1.29, 1.82) is 0 Å². The summed E-state index contributed by atoms with van der Waals surface area (Å²) in [5.41, 5.74) is 4.63. The van der Waals surface area contributed by atoms with Crippen molar-refractivity contribution in [2.24, 2.45) is 0 Å². The third kappa shape index (κ3) is 6.44. The smallest absolute Gasteiger partial charge is 0.126 e. The van der Waals surface area contributed by atoms with Gasteiger partial charge in [-0.05, 0) is 63.1 Å². The van der Waals surface area contributed by atoms with Crippen molar-refractivity contribution < 1.29 is 29.2 Å². The lowest BCUT2D eigenvalue weighted by molar-refractivity contribution is 0.126. The largest absolute Gasteiger partial charge is 0.507 e. The van der Waals surface area contributed by atoms with Crippen LogP contribution in [0.5, 0.6) is 11.5 Å². The first kappa shape index (κ1) is 24.2. The molecular formula is C24H34O6. The molecule has 6 heteroatoms. The Hall–Kier alpha value is -2.12. The van der Waals surface area contributed by atoms with Crippen LogP contribution in [0.15, 0.2) is 24.3 Å². The van der Waals surface area contributed by atoms with Gasteiger partial charge in [0.2, 0.25) is 0 Å². The highest BCUT2D eigenvalue weighted by atomic mass is 16.5. The van der Waals surface area contributed by atoms with Crippen LogP contribution >= 0.6 is 0 Å². The van der Waals surface area contributed by atoms with Crippen molar-refractivity contribution in [2.75, 3.05) is 26.4 Å². The average molecular weight is 419 g/mol. The zero-order chi connectivity index (χ0) is 21.9. The summed E-state index contributed by atoms with van der Waals surface area (Å²) in [6.07, 6.45) is 0. The minimum atomic E-state index is 0.198. The molecule has 0 aliphatic heterocycles. The number of phenols is 2. The first-order valence-electron chi connectivity index (χ1n) is 10.6. The van der Waals surface area contributed by atoms with Gasteiger partial charge in [0.1, 0.15) is 11.5 Å². The van der Waals surface area contributed by atoms with Gasteiger partial charge < -0.3 is 29.2 Å². The molecule has 0 unspecified atom stereocenters. The van der Waals surface area contributed by atoms with Crippen LogP contribution in [0.3, 0.4) is 0 Å². The normalized spacial score (nSPS) is 11.2. The molecule has 2 aromatic rings. The highest BCUT2D eigenvalue weighted by molar-refractivity contribution is 5.70. The molecule has 0 spiro atoms. The van der Waals surface area contributed by atoms with E-state index < -0.39 is 0 Å². The van der Waals surface area contributed by atoms with Gasteiger partial charge in [-0.25, -0.2) is 0 Å². The van der Waals surface area contributed by atoms with E-state index >= 15 is 0 Å². The number of hydrogen-bond acceptors (Lipinski definition) is 6. The molecule has 2 N–H and O–H groups in total. The molecule has 0 saturated heterocycles. The van der Waals surface area contributed by atoms with Crippen molar-refractivity contribution >= 4 is 0 Å². The highest BCUT2D eigenvalue weighted by Crippen LogP contribution is 2.35. The van der Waals surface area contributed by atoms with Crippen LogP contribution in [0.2, 0.25) is 0 Å². The molecule has 0 atom stereocenters. The van der Waals surface area contributed by atoms with Crippen molar-refractivity contribution in [3.63, 3.8) is 0 Å². The average Bonchev–Trinajstić information content (AvgIpc) is 2.76. The van der Waals surface area contributed by atoms with Gasteiger partial charge in [0.15, 0.2) is 0 Å². The lowest BCUT2D eigenvalue weighted by atomic mass is 9.95. The van der Waals surface area contributed by atoms with Gasteiger partial charge in [-0.3, -0.25) is 0 Å². The lowest BCUT2D eigenvalue weighted by Gasteiger charge is -2.17. The summed E-state index contributed by atoms with van der Waals surface area (Å²) >= 11 is 0. The van der Waals surface area contributed by atoms with Crippen LogP contribution in [-0.4, -0.2) is 36.6 Å². The fraction of sp³-hybridized carbons (Fsp3) is 0.500. The monoisotopic (exact) mass is 418 g/mol. The maximum absolute atomic E-state index is 10.7. The molecule has 2 aromatic carbocycles. The zero-order valence-electron chi connectivity index (χ0n) is 18.5. The summed E-state index contributed by atoms with van der Waals surface area (Å²) in [7, 11) is 0. The second-order valence-electron chi connectivity index (χ2n) is 6.83. The molecule has 0 amide bonds. The van der Waals surface area contributed by atoms with E-state index in [1.165, 1.54) is 0 Å². The van der Waals surface area contributed by atoms with Crippen LogP contribution < -0.4 is 0 Å². The maximum Gasteiger partial charge on any atom is 0.126 e. The Morgan fingerprint density at radius 1 is 0.500 bits per heavy atom. The number of aromatic hydroxyl groups is 2. The number of rotatable bonds is 13. The number of ether oxygens (including phenoxy) is 4. The Kier molecular flexibility index (Phi) is 10.1. The molecule has 0 heterocycles. The molecule has 0 bridgehead atoms. The Morgan fingerprint density at radius 2 is 0.733 bits per heavy atom. The van der Waals surface area contributed by atoms with Crippen molar-refractivity contribution in [1.82, 2.24) is 0 Å². The predicted octanol–water partition coefficient (Wildman–Crippen LogP) is 4.91. The molecule has 2 rings (SSSR count). The van der Waals surface area contributed by atoms with Crippen molar-refractivity contribution in [3.05, 3.63) is 46.5 Å². The van der Waals surface area contributed by atoms with Crippen LogP contribution in [0.1, 0.15) is 49.9 Å². The van der Waals surface area contributed by atoms with E-state index in [4.69, 9.17) is 18.9 Å². The Morgan fingerprint density at radius 3 is 0.933 bits per heavy atom. The fourth-order valence-corrected chi connectivity index (χ4v) is 3.14. The summed E-state index contributed by atoms with van der Waals surface area (Å²) < 4.78 is 22.2. The molecular weight excluding hydrogens is 384 g/mol. The van der Waals surface area contributed by atoms with Crippen LogP contribution in [-0.2, 0) is 45.4 Å². The summed E-state index contributed by atoms with van der Waals surface area (Å²) in [5.74, 6) is 0.395. The first-order chi connectivity index (χ1) is 14.5. The van der Waals surface area contributed by atoms with E-state index in [-0.39, 0.29) is 11.5 Å². The van der Waals surface area contributed by atoms with Crippen LogP contribution in [0, 0.1) is 0 Å². The minimum absolute atomic E-state index is 0.198. The number of hydrogen-bond donors (Lipinski definition) is 2. The highest BCUT2D eigenvalue weighted by Gasteiger charge is 2.16. The van der Waals surface area contributed by atoms with Gasteiger partial charge in [0, 0.05) is 48.7 Å². The SMILES string of the molecule is CCOCc1cc(-c2cc(COCC)c(O)c(COCC)c2)cc(COCC)c1O. The van der Waals surface area contributed by atoms with Gasteiger partial charge in [0.25, 0.3) is 0 Å². The van der Waals surface area contributed by atoms with E-state index in [2.05, 4.69) is 0 Å². The molecule has 0 aromatic heterocycles. The van der Waals surface area contributed by atoms with Gasteiger partial charge >= 0.3 is 0 Å². The van der Waals surface area contributed by atoms with Gasteiger partial charge in [0.05, 0.1) is 26.4 Å². The molecule has 6 nitrogen and oxygen atoms in total. The quantitative estimate of drug-likeness (QED) is 0.481. The summed E-state index contributed by atoms with van der Waals surface area (Å²) in [6, 6.07) is 7.67. The van der Waals surface area contributed by atoms with E-state index in [1.54, 1.807) is 0 Å².